The van der Waals surface area contributed by atoms with Gasteiger partial charge in [-0.2, -0.15) is 0 Å². The Morgan fingerprint density at radius 3 is 2.29 bits per heavy atom. The van der Waals surface area contributed by atoms with E-state index in [4.69, 9.17) is 0 Å². The Kier molecular flexibility index (Phi) is 9.42. The summed E-state index contributed by atoms with van der Waals surface area (Å²) < 4.78 is 0. The molecule has 0 aromatic rings. The fourth-order valence-corrected chi connectivity index (χ4v) is 1.58. The number of nitrogens with one attached hydrogen (secondary N) is 1. The van der Waals surface area contributed by atoms with Crippen molar-refractivity contribution in [1.29, 1.82) is 0 Å². The van der Waals surface area contributed by atoms with Gasteiger partial charge in [-0.05, 0) is 52.9 Å². The summed E-state index contributed by atoms with van der Waals surface area (Å²) in [4.78, 5) is 2.56. The van der Waals surface area contributed by atoms with Gasteiger partial charge in [0, 0.05) is 6.04 Å². The quantitative estimate of drug-likeness (QED) is 0.615. The Hall–Kier alpha value is -0.0800. The van der Waals surface area contributed by atoms with Crippen molar-refractivity contribution in [2.24, 2.45) is 0 Å². The van der Waals surface area contributed by atoms with Gasteiger partial charge in [0.15, 0.2) is 0 Å². The summed E-state index contributed by atoms with van der Waals surface area (Å²) in [6.45, 7) is 10.5. The van der Waals surface area contributed by atoms with E-state index < -0.39 is 0 Å². The Labute approximate surface area is 90.1 Å². The SMILES string of the molecule is CCCCN(CC)CCCC(C)NC. The maximum Gasteiger partial charge on any atom is 0.00362 e. The number of rotatable bonds is 9. The molecular weight excluding hydrogens is 172 g/mol. The van der Waals surface area contributed by atoms with Crippen molar-refractivity contribution in [3.8, 4) is 0 Å². The van der Waals surface area contributed by atoms with Gasteiger partial charge in [-0.1, -0.05) is 20.3 Å². The second-order valence-corrected chi connectivity index (χ2v) is 4.12. The standard InChI is InChI=1S/C12H28N2/c1-5-7-10-14(6-2)11-8-9-12(3)13-4/h12-13H,5-11H2,1-4H3. The highest BCUT2D eigenvalue weighted by molar-refractivity contribution is 4.60. The predicted molar refractivity (Wildman–Crippen MR) is 64.8 cm³/mol. The number of unbranched alkanes of at least 4 members (excludes halogenated alkanes) is 1. The van der Waals surface area contributed by atoms with Gasteiger partial charge in [0.05, 0.1) is 0 Å². The predicted octanol–water partition coefficient (Wildman–Crippen LogP) is 2.50. The number of hydrogen-bond acceptors (Lipinski definition) is 2. The highest BCUT2D eigenvalue weighted by Crippen LogP contribution is 2.01. The summed E-state index contributed by atoms with van der Waals surface area (Å²) in [6.07, 6.45) is 5.26. The molecule has 0 spiro atoms. The lowest BCUT2D eigenvalue weighted by Gasteiger charge is -2.20. The smallest absolute Gasteiger partial charge is 0.00362 e. The molecule has 0 aliphatic rings. The van der Waals surface area contributed by atoms with Crippen LogP contribution in [0.25, 0.3) is 0 Å². The van der Waals surface area contributed by atoms with E-state index in [2.05, 4.69) is 31.0 Å². The normalized spacial score (nSPS) is 13.5. The minimum absolute atomic E-state index is 0.667. The second kappa shape index (κ2) is 9.47. The number of hydrogen-bond donors (Lipinski definition) is 1. The van der Waals surface area contributed by atoms with Gasteiger partial charge < -0.3 is 10.2 Å². The topological polar surface area (TPSA) is 15.3 Å². The highest BCUT2D eigenvalue weighted by atomic mass is 15.1. The summed E-state index contributed by atoms with van der Waals surface area (Å²) in [6, 6.07) is 0.667. The number of nitrogens with zero attached hydrogens (tertiary/aromatic N) is 1. The third kappa shape index (κ3) is 7.34. The van der Waals surface area contributed by atoms with Crippen LogP contribution in [-0.2, 0) is 0 Å². The van der Waals surface area contributed by atoms with Crippen LogP contribution in [-0.4, -0.2) is 37.6 Å². The molecular formula is C12H28N2. The Morgan fingerprint density at radius 1 is 1.14 bits per heavy atom. The summed E-state index contributed by atoms with van der Waals surface area (Å²) in [5.41, 5.74) is 0. The van der Waals surface area contributed by atoms with Crippen molar-refractivity contribution < 1.29 is 0 Å². The maximum atomic E-state index is 3.28. The van der Waals surface area contributed by atoms with Crippen molar-refractivity contribution >= 4 is 0 Å². The van der Waals surface area contributed by atoms with E-state index in [-0.39, 0.29) is 0 Å². The van der Waals surface area contributed by atoms with E-state index in [1.54, 1.807) is 0 Å². The van der Waals surface area contributed by atoms with E-state index in [0.29, 0.717) is 6.04 Å². The Morgan fingerprint density at radius 2 is 1.79 bits per heavy atom. The Balaban J connectivity index is 3.42. The first-order valence-corrected chi connectivity index (χ1v) is 6.14. The molecule has 0 aromatic heterocycles. The van der Waals surface area contributed by atoms with Crippen LogP contribution in [0.1, 0.15) is 46.5 Å². The molecule has 1 N–H and O–H groups in total. The first kappa shape index (κ1) is 13.9. The average molecular weight is 200 g/mol. The second-order valence-electron chi connectivity index (χ2n) is 4.12. The molecule has 2 heteroatoms. The fraction of sp³-hybridized carbons (Fsp3) is 1.00. The van der Waals surface area contributed by atoms with Crippen LogP contribution in [0.5, 0.6) is 0 Å². The fourth-order valence-electron chi connectivity index (χ4n) is 1.58. The lowest BCUT2D eigenvalue weighted by atomic mass is 10.2. The minimum atomic E-state index is 0.667. The summed E-state index contributed by atoms with van der Waals surface area (Å²) in [5, 5.41) is 3.28. The molecule has 0 aliphatic carbocycles. The molecule has 0 saturated heterocycles. The van der Waals surface area contributed by atoms with Crippen molar-refractivity contribution in [2.45, 2.75) is 52.5 Å². The molecule has 0 aliphatic heterocycles. The lowest BCUT2D eigenvalue weighted by molar-refractivity contribution is 0.273. The molecule has 86 valence electrons. The van der Waals surface area contributed by atoms with E-state index in [9.17, 15) is 0 Å². The largest absolute Gasteiger partial charge is 0.317 e. The zero-order chi connectivity index (χ0) is 10.8. The molecule has 0 aromatic carbocycles. The monoisotopic (exact) mass is 200 g/mol. The van der Waals surface area contributed by atoms with E-state index in [1.807, 2.05) is 7.05 Å². The van der Waals surface area contributed by atoms with Gasteiger partial charge >= 0.3 is 0 Å². The highest BCUT2D eigenvalue weighted by Gasteiger charge is 2.02. The van der Waals surface area contributed by atoms with E-state index in [0.717, 1.165) is 0 Å². The van der Waals surface area contributed by atoms with Crippen LogP contribution in [0.15, 0.2) is 0 Å². The molecule has 0 saturated carbocycles. The van der Waals surface area contributed by atoms with E-state index in [1.165, 1.54) is 45.3 Å². The molecule has 0 heterocycles. The zero-order valence-electron chi connectivity index (χ0n) is 10.5. The molecule has 0 radical (unpaired) electrons. The molecule has 0 bridgehead atoms. The Bertz CT molecular complexity index is 115. The minimum Gasteiger partial charge on any atom is -0.317 e. The van der Waals surface area contributed by atoms with Crippen LogP contribution in [0, 0.1) is 0 Å². The first-order valence-electron chi connectivity index (χ1n) is 6.14. The summed E-state index contributed by atoms with van der Waals surface area (Å²) >= 11 is 0. The molecule has 14 heavy (non-hydrogen) atoms. The molecule has 1 atom stereocenters. The molecule has 0 rings (SSSR count). The van der Waals surface area contributed by atoms with Gasteiger partial charge in [-0.15, -0.1) is 0 Å². The van der Waals surface area contributed by atoms with Crippen molar-refractivity contribution in [1.82, 2.24) is 10.2 Å². The van der Waals surface area contributed by atoms with Gasteiger partial charge in [-0.3, -0.25) is 0 Å². The van der Waals surface area contributed by atoms with Crippen LogP contribution >= 0.6 is 0 Å². The molecule has 2 nitrogen and oxygen atoms in total. The first-order chi connectivity index (χ1) is 6.74. The van der Waals surface area contributed by atoms with Crippen molar-refractivity contribution in [3.05, 3.63) is 0 Å². The maximum absolute atomic E-state index is 3.28. The van der Waals surface area contributed by atoms with Gasteiger partial charge in [-0.25, -0.2) is 0 Å². The molecule has 0 amide bonds. The van der Waals surface area contributed by atoms with Crippen molar-refractivity contribution in [3.63, 3.8) is 0 Å². The van der Waals surface area contributed by atoms with Gasteiger partial charge in [0.2, 0.25) is 0 Å². The van der Waals surface area contributed by atoms with Crippen LogP contribution in [0.3, 0.4) is 0 Å². The average Bonchev–Trinajstić information content (AvgIpc) is 2.22. The van der Waals surface area contributed by atoms with Gasteiger partial charge in [0.25, 0.3) is 0 Å². The summed E-state index contributed by atoms with van der Waals surface area (Å²) in [5.74, 6) is 0. The van der Waals surface area contributed by atoms with Crippen LogP contribution in [0.2, 0.25) is 0 Å². The third-order valence-corrected chi connectivity index (χ3v) is 2.88. The summed E-state index contributed by atoms with van der Waals surface area (Å²) in [7, 11) is 2.04. The zero-order valence-corrected chi connectivity index (χ0v) is 10.5. The molecule has 1 unspecified atom stereocenters. The molecule has 0 fully saturated rings. The van der Waals surface area contributed by atoms with Crippen LogP contribution in [0.4, 0.5) is 0 Å². The third-order valence-electron chi connectivity index (χ3n) is 2.88. The lowest BCUT2D eigenvalue weighted by Crippen LogP contribution is -2.28. The van der Waals surface area contributed by atoms with Gasteiger partial charge in [0.1, 0.15) is 0 Å². The van der Waals surface area contributed by atoms with Crippen molar-refractivity contribution in [2.75, 3.05) is 26.7 Å². The van der Waals surface area contributed by atoms with E-state index >= 15 is 0 Å². The van der Waals surface area contributed by atoms with Crippen LogP contribution < -0.4 is 5.32 Å².